The first-order valence-corrected chi connectivity index (χ1v) is 7.45. The zero-order valence-electron chi connectivity index (χ0n) is 12.8. The second-order valence-corrected chi connectivity index (χ2v) is 5.69. The van der Waals surface area contributed by atoms with E-state index >= 15 is 0 Å². The molecule has 1 aliphatic carbocycles. The molecular formula is C16H13B2N3O3. The summed E-state index contributed by atoms with van der Waals surface area (Å²) in [5, 5.41) is 20.0. The Morgan fingerprint density at radius 2 is 1.75 bits per heavy atom. The monoisotopic (exact) mass is 317 g/mol. The van der Waals surface area contributed by atoms with Gasteiger partial charge in [0.15, 0.2) is 11.6 Å². The molecular weight excluding hydrogens is 304 g/mol. The smallest absolute Gasteiger partial charge is 0.182 e. The lowest BCUT2D eigenvalue weighted by molar-refractivity contribution is 0.0848. The number of ketones is 2. The van der Waals surface area contributed by atoms with E-state index in [-0.39, 0.29) is 34.7 Å². The number of aromatic nitrogens is 2. The summed E-state index contributed by atoms with van der Waals surface area (Å²) in [7, 11) is 11.3. The number of hydrogen-bond acceptors (Lipinski definition) is 6. The Kier molecular flexibility index (Phi) is 4.48. The highest BCUT2D eigenvalue weighted by atomic mass is 16.3. The predicted octanol–water partition coefficient (Wildman–Crippen LogP) is -1.26. The summed E-state index contributed by atoms with van der Waals surface area (Å²) in [5.74, 6) is -0.420. The van der Waals surface area contributed by atoms with E-state index in [1.54, 1.807) is 12.1 Å². The number of carbonyl (C=O) groups is 2. The number of phenolic OH excluding ortho intramolecular Hbond substituents is 1. The summed E-state index contributed by atoms with van der Waals surface area (Å²) in [5.41, 5.74) is 1.88. The van der Waals surface area contributed by atoms with E-state index in [0.29, 0.717) is 24.1 Å². The third kappa shape index (κ3) is 3.10. The van der Waals surface area contributed by atoms with Gasteiger partial charge in [-0.05, 0) is 18.5 Å². The Bertz CT molecular complexity index is 803. The lowest BCUT2D eigenvalue weighted by Crippen LogP contribution is -2.43. The SMILES string of the molecule is [B]c1cc(CCNC2CC(=O)c3cnncc3C2=O)cc([B])c1O. The van der Waals surface area contributed by atoms with Crippen LogP contribution in [0.1, 0.15) is 32.7 Å². The Hall–Kier alpha value is -2.47. The number of Topliss-reactive ketones (excluding diaryl/α,β-unsaturated/α-hetero) is 2. The zero-order valence-corrected chi connectivity index (χ0v) is 12.8. The minimum absolute atomic E-state index is 0.0946. The highest BCUT2D eigenvalue weighted by molar-refractivity contribution is 6.41. The molecule has 0 spiro atoms. The number of rotatable bonds is 4. The number of hydrogen-bond donors (Lipinski definition) is 2. The van der Waals surface area contributed by atoms with Gasteiger partial charge in [0.1, 0.15) is 21.4 Å². The number of phenols is 1. The molecule has 1 aromatic carbocycles. The largest absolute Gasteiger partial charge is 0.509 e. The van der Waals surface area contributed by atoms with Gasteiger partial charge < -0.3 is 10.4 Å². The molecule has 24 heavy (non-hydrogen) atoms. The Balaban J connectivity index is 1.66. The summed E-state index contributed by atoms with van der Waals surface area (Å²) < 4.78 is 0. The van der Waals surface area contributed by atoms with Crippen LogP contribution in [0.4, 0.5) is 0 Å². The molecule has 6 nitrogen and oxygen atoms in total. The van der Waals surface area contributed by atoms with Crippen LogP contribution in [0.5, 0.6) is 5.75 Å². The fourth-order valence-electron chi connectivity index (χ4n) is 2.76. The van der Waals surface area contributed by atoms with Gasteiger partial charge in [0.05, 0.1) is 29.6 Å². The van der Waals surface area contributed by atoms with Crippen molar-refractivity contribution in [2.75, 3.05) is 6.54 Å². The van der Waals surface area contributed by atoms with Gasteiger partial charge in [-0.1, -0.05) is 23.1 Å². The van der Waals surface area contributed by atoms with Crippen LogP contribution in [-0.4, -0.2) is 55.1 Å². The lowest BCUT2D eigenvalue weighted by Gasteiger charge is -2.22. The van der Waals surface area contributed by atoms with Gasteiger partial charge in [0.25, 0.3) is 0 Å². The van der Waals surface area contributed by atoms with Crippen molar-refractivity contribution >= 4 is 38.2 Å². The minimum Gasteiger partial charge on any atom is -0.509 e. The predicted molar refractivity (Wildman–Crippen MR) is 89.7 cm³/mol. The maximum Gasteiger partial charge on any atom is 0.182 e. The third-order valence-corrected chi connectivity index (χ3v) is 4.04. The number of nitrogens with one attached hydrogen (secondary N) is 1. The summed E-state index contributed by atoms with van der Waals surface area (Å²) in [6.07, 6.45) is 3.30. The Labute approximate surface area is 141 Å². The highest BCUT2D eigenvalue weighted by Gasteiger charge is 2.32. The van der Waals surface area contributed by atoms with Gasteiger partial charge in [0.2, 0.25) is 0 Å². The quantitative estimate of drug-likeness (QED) is 0.684. The van der Waals surface area contributed by atoms with Gasteiger partial charge in [-0.25, -0.2) is 0 Å². The number of nitrogens with zero attached hydrogens (tertiary/aromatic N) is 2. The summed E-state index contributed by atoms with van der Waals surface area (Å²) in [6.45, 7) is 0.460. The molecule has 1 aliphatic rings. The van der Waals surface area contributed by atoms with E-state index in [2.05, 4.69) is 15.5 Å². The first-order chi connectivity index (χ1) is 11.5. The molecule has 0 amide bonds. The number of fused-ring (bicyclic) bond motifs is 1. The van der Waals surface area contributed by atoms with Gasteiger partial charge in [-0.15, -0.1) is 0 Å². The maximum atomic E-state index is 12.4. The van der Waals surface area contributed by atoms with E-state index in [1.165, 1.54) is 12.4 Å². The van der Waals surface area contributed by atoms with Crippen molar-refractivity contribution in [3.05, 3.63) is 41.2 Å². The minimum atomic E-state index is -0.582. The van der Waals surface area contributed by atoms with Crippen LogP contribution in [0.2, 0.25) is 0 Å². The number of carbonyl (C=O) groups excluding carboxylic acids is 2. The van der Waals surface area contributed by atoms with E-state index in [9.17, 15) is 14.7 Å². The van der Waals surface area contributed by atoms with Crippen molar-refractivity contribution in [1.82, 2.24) is 15.5 Å². The first kappa shape index (κ1) is 16.4. The molecule has 0 aliphatic heterocycles. The molecule has 4 radical (unpaired) electrons. The van der Waals surface area contributed by atoms with Crippen molar-refractivity contribution in [2.45, 2.75) is 18.9 Å². The number of aromatic hydroxyl groups is 1. The maximum absolute atomic E-state index is 12.4. The fourth-order valence-corrected chi connectivity index (χ4v) is 2.76. The lowest BCUT2D eigenvalue weighted by atomic mass is 9.83. The average molecular weight is 317 g/mol. The Morgan fingerprint density at radius 1 is 1.12 bits per heavy atom. The topological polar surface area (TPSA) is 92.2 Å². The molecule has 1 unspecified atom stereocenters. The molecule has 116 valence electrons. The van der Waals surface area contributed by atoms with Crippen LogP contribution in [0.3, 0.4) is 0 Å². The molecule has 1 aromatic heterocycles. The van der Waals surface area contributed by atoms with E-state index in [4.69, 9.17) is 15.7 Å². The third-order valence-electron chi connectivity index (χ3n) is 4.04. The van der Waals surface area contributed by atoms with Crippen LogP contribution in [-0.2, 0) is 6.42 Å². The molecule has 0 saturated carbocycles. The first-order valence-electron chi connectivity index (χ1n) is 7.45. The Morgan fingerprint density at radius 3 is 2.42 bits per heavy atom. The van der Waals surface area contributed by atoms with E-state index < -0.39 is 6.04 Å². The molecule has 0 bridgehead atoms. The van der Waals surface area contributed by atoms with Crippen LogP contribution in [0.15, 0.2) is 24.5 Å². The molecule has 0 saturated heterocycles. The molecule has 0 fully saturated rings. The zero-order chi connectivity index (χ0) is 17.3. The molecule has 1 atom stereocenters. The van der Waals surface area contributed by atoms with E-state index in [1.807, 2.05) is 0 Å². The molecule has 3 rings (SSSR count). The standard InChI is InChI=1S/C16H13B2N3O3/c17-11-3-8(4-12(18)16(11)24)1-2-19-13-5-14(22)9-6-20-21-7-10(9)15(13)23/h3-4,6-7,13,19,24H,1-2,5H2. The molecule has 2 aromatic rings. The normalized spacial score (nSPS) is 16.9. The molecule has 2 N–H and O–H groups in total. The van der Waals surface area contributed by atoms with Crippen molar-refractivity contribution < 1.29 is 14.7 Å². The van der Waals surface area contributed by atoms with Crippen molar-refractivity contribution in [3.8, 4) is 5.75 Å². The highest BCUT2D eigenvalue weighted by Crippen LogP contribution is 2.19. The van der Waals surface area contributed by atoms with E-state index in [0.717, 1.165) is 5.56 Å². The van der Waals surface area contributed by atoms with Crippen LogP contribution < -0.4 is 16.2 Å². The van der Waals surface area contributed by atoms with Crippen molar-refractivity contribution in [1.29, 1.82) is 0 Å². The van der Waals surface area contributed by atoms with Gasteiger partial charge in [0, 0.05) is 6.42 Å². The van der Waals surface area contributed by atoms with Crippen molar-refractivity contribution in [3.63, 3.8) is 0 Å². The summed E-state index contributed by atoms with van der Waals surface area (Å²) in [4.78, 5) is 24.5. The second kappa shape index (κ2) is 6.57. The van der Waals surface area contributed by atoms with Gasteiger partial charge in [-0.2, -0.15) is 10.2 Å². The summed E-state index contributed by atoms with van der Waals surface area (Å²) in [6, 6.07) is 2.68. The average Bonchev–Trinajstić information content (AvgIpc) is 2.57. The van der Waals surface area contributed by atoms with Gasteiger partial charge in [-0.3, -0.25) is 9.59 Å². The second-order valence-electron chi connectivity index (χ2n) is 5.69. The van der Waals surface area contributed by atoms with Gasteiger partial charge >= 0.3 is 0 Å². The molecule has 8 heteroatoms. The fraction of sp³-hybridized carbons (Fsp3) is 0.250. The summed E-state index contributed by atoms with van der Waals surface area (Å²) >= 11 is 0. The molecule has 1 heterocycles. The van der Waals surface area contributed by atoms with Crippen LogP contribution in [0.25, 0.3) is 0 Å². The van der Waals surface area contributed by atoms with Crippen LogP contribution in [0, 0.1) is 0 Å². The number of benzene rings is 1. The van der Waals surface area contributed by atoms with Crippen molar-refractivity contribution in [2.24, 2.45) is 0 Å². The van der Waals surface area contributed by atoms with Crippen LogP contribution >= 0.6 is 0 Å².